The number of nitrogens with two attached hydrogens (primary N) is 1. The molecule has 0 spiro atoms. The molecule has 1 aromatic carbocycles. The first kappa shape index (κ1) is 11.2. The van der Waals surface area contributed by atoms with E-state index in [1.807, 2.05) is 6.92 Å². The van der Waals surface area contributed by atoms with Gasteiger partial charge in [-0.3, -0.25) is 9.48 Å². The highest BCUT2D eigenvalue weighted by Gasteiger charge is 2.12. The number of amides is 1. The van der Waals surface area contributed by atoms with Gasteiger partial charge in [-0.2, -0.15) is 5.10 Å². The topological polar surface area (TPSA) is 72.9 Å². The van der Waals surface area contributed by atoms with Gasteiger partial charge >= 0.3 is 0 Å². The normalized spacial score (nSPS) is 10.2. The van der Waals surface area contributed by atoms with E-state index in [1.54, 1.807) is 42.2 Å². The predicted molar refractivity (Wildman–Crippen MR) is 66.8 cm³/mol. The summed E-state index contributed by atoms with van der Waals surface area (Å²) in [6.07, 6.45) is 1.56. The van der Waals surface area contributed by atoms with Gasteiger partial charge in [-0.15, -0.1) is 0 Å². The van der Waals surface area contributed by atoms with Crippen molar-refractivity contribution in [2.24, 2.45) is 7.05 Å². The van der Waals surface area contributed by atoms with Gasteiger partial charge in [-0.1, -0.05) is 0 Å². The van der Waals surface area contributed by atoms with Crippen LogP contribution in [0.2, 0.25) is 0 Å². The zero-order valence-electron chi connectivity index (χ0n) is 9.77. The molecule has 5 nitrogen and oxygen atoms in total. The van der Waals surface area contributed by atoms with Crippen molar-refractivity contribution in [1.29, 1.82) is 0 Å². The molecule has 3 N–H and O–H groups in total. The van der Waals surface area contributed by atoms with Crippen molar-refractivity contribution in [3.8, 4) is 0 Å². The minimum Gasteiger partial charge on any atom is -0.399 e. The summed E-state index contributed by atoms with van der Waals surface area (Å²) in [4.78, 5) is 11.9. The molecule has 2 aromatic rings. The number of nitrogens with zero attached hydrogens (tertiary/aromatic N) is 2. The molecule has 5 heteroatoms. The first-order valence-electron chi connectivity index (χ1n) is 5.23. The summed E-state index contributed by atoms with van der Waals surface area (Å²) in [5.74, 6) is -0.166. The smallest absolute Gasteiger partial charge is 0.259 e. The van der Waals surface area contributed by atoms with Crippen molar-refractivity contribution >= 4 is 17.3 Å². The maximum Gasteiger partial charge on any atom is 0.259 e. The van der Waals surface area contributed by atoms with E-state index >= 15 is 0 Å². The van der Waals surface area contributed by atoms with Gasteiger partial charge in [0.25, 0.3) is 5.91 Å². The summed E-state index contributed by atoms with van der Waals surface area (Å²) in [5.41, 5.74) is 8.36. The number of hydrogen-bond donors (Lipinski definition) is 2. The van der Waals surface area contributed by atoms with Crippen LogP contribution in [0.15, 0.2) is 30.5 Å². The fourth-order valence-electron chi connectivity index (χ4n) is 1.49. The number of carbonyl (C=O) groups excluding carboxylic acids is 1. The first-order chi connectivity index (χ1) is 8.08. The molecule has 17 heavy (non-hydrogen) atoms. The van der Waals surface area contributed by atoms with Gasteiger partial charge in [-0.05, 0) is 31.2 Å². The third kappa shape index (κ3) is 2.28. The van der Waals surface area contributed by atoms with E-state index in [0.717, 1.165) is 5.69 Å². The maximum atomic E-state index is 11.9. The Kier molecular flexibility index (Phi) is 2.82. The van der Waals surface area contributed by atoms with Crippen molar-refractivity contribution in [1.82, 2.24) is 9.78 Å². The Bertz CT molecular complexity index is 542. The molecule has 0 aliphatic heterocycles. The van der Waals surface area contributed by atoms with Crippen LogP contribution < -0.4 is 11.1 Å². The molecule has 88 valence electrons. The number of rotatable bonds is 2. The van der Waals surface area contributed by atoms with E-state index in [-0.39, 0.29) is 5.91 Å². The Morgan fingerprint density at radius 3 is 2.53 bits per heavy atom. The molecule has 0 aliphatic rings. The van der Waals surface area contributed by atoms with E-state index < -0.39 is 0 Å². The summed E-state index contributed by atoms with van der Waals surface area (Å²) in [7, 11) is 1.80. The lowest BCUT2D eigenvalue weighted by Crippen LogP contribution is -2.12. The average molecular weight is 230 g/mol. The molecule has 0 aliphatic carbocycles. The molecule has 0 unspecified atom stereocenters. The summed E-state index contributed by atoms with van der Waals surface area (Å²) in [6.45, 7) is 1.85. The fourth-order valence-corrected chi connectivity index (χ4v) is 1.49. The van der Waals surface area contributed by atoms with E-state index in [4.69, 9.17) is 5.73 Å². The van der Waals surface area contributed by atoms with Crippen LogP contribution in [0.4, 0.5) is 11.4 Å². The van der Waals surface area contributed by atoms with Crippen LogP contribution in [0.5, 0.6) is 0 Å². The zero-order chi connectivity index (χ0) is 12.4. The number of aromatic nitrogens is 2. The second-order valence-electron chi connectivity index (χ2n) is 3.84. The van der Waals surface area contributed by atoms with Crippen molar-refractivity contribution in [3.05, 3.63) is 41.7 Å². The standard InChI is InChI=1S/C12H14N4O/c1-8-11(7-14-16(8)2)12(17)15-10-5-3-9(13)4-6-10/h3-7H,13H2,1-2H3,(H,15,17). The van der Waals surface area contributed by atoms with Crippen LogP contribution in [0, 0.1) is 6.92 Å². The van der Waals surface area contributed by atoms with Crippen molar-refractivity contribution in [2.75, 3.05) is 11.1 Å². The number of benzene rings is 1. The number of nitrogens with one attached hydrogen (secondary N) is 1. The number of anilines is 2. The largest absolute Gasteiger partial charge is 0.399 e. The van der Waals surface area contributed by atoms with Crippen LogP contribution in [-0.4, -0.2) is 15.7 Å². The van der Waals surface area contributed by atoms with Gasteiger partial charge < -0.3 is 11.1 Å². The summed E-state index contributed by atoms with van der Waals surface area (Å²) >= 11 is 0. The first-order valence-corrected chi connectivity index (χ1v) is 5.23. The lowest BCUT2D eigenvalue weighted by atomic mass is 10.2. The minimum absolute atomic E-state index is 0.166. The van der Waals surface area contributed by atoms with Crippen LogP contribution >= 0.6 is 0 Å². The molecule has 0 saturated carbocycles. The molecule has 1 aromatic heterocycles. The van der Waals surface area contributed by atoms with Gasteiger partial charge in [0.15, 0.2) is 0 Å². The molecule has 0 bridgehead atoms. The highest BCUT2D eigenvalue weighted by atomic mass is 16.1. The zero-order valence-corrected chi connectivity index (χ0v) is 9.77. The SMILES string of the molecule is Cc1c(C(=O)Nc2ccc(N)cc2)cnn1C. The molecule has 1 heterocycles. The minimum atomic E-state index is -0.166. The van der Waals surface area contributed by atoms with Crippen molar-refractivity contribution in [2.45, 2.75) is 6.92 Å². The Morgan fingerprint density at radius 1 is 1.35 bits per heavy atom. The van der Waals surface area contributed by atoms with E-state index in [0.29, 0.717) is 16.9 Å². The van der Waals surface area contributed by atoms with Gasteiger partial charge in [0, 0.05) is 24.1 Å². The van der Waals surface area contributed by atoms with E-state index in [1.165, 1.54) is 0 Å². The Labute approximate surface area is 99.2 Å². The average Bonchev–Trinajstić information content (AvgIpc) is 2.63. The molecule has 0 fully saturated rings. The lowest BCUT2D eigenvalue weighted by molar-refractivity contribution is 0.102. The van der Waals surface area contributed by atoms with E-state index in [9.17, 15) is 4.79 Å². The highest BCUT2D eigenvalue weighted by molar-refractivity contribution is 6.04. The van der Waals surface area contributed by atoms with Crippen LogP contribution in [0.3, 0.4) is 0 Å². The molecule has 0 radical (unpaired) electrons. The molecule has 0 atom stereocenters. The number of hydrogen-bond acceptors (Lipinski definition) is 3. The predicted octanol–water partition coefficient (Wildman–Crippen LogP) is 1.56. The van der Waals surface area contributed by atoms with Crippen LogP contribution in [0.25, 0.3) is 0 Å². The molecule has 2 rings (SSSR count). The highest BCUT2D eigenvalue weighted by Crippen LogP contribution is 2.13. The second kappa shape index (κ2) is 4.29. The lowest BCUT2D eigenvalue weighted by Gasteiger charge is -2.04. The fraction of sp³-hybridized carbons (Fsp3) is 0.167. The quantitative estimate of drug-likeness (QED) is 0.769. The number of carbonyl (C=O) groups is 1. The summed E-state index contributed by atoms with van der Waals surface area (Å²) in [6, 6.07) is 7.01. The summed E-state index contributed by atoms with van der Waals surface area (Å²) in [5, 5.41) is 6.82. The Balaban J connectivity index is 2.17. The van der Waals surface area contributed by atoms with Gasteiger partial charge in [0.2, 0.25) is 0 Å². The Morgan fingerprint density at radius 2 is 2.00 bits per heavy atom. The maximum absolute atomic E-state index is 11.9. The van der Waals surface area contributed by atoms with Gasteiger partial charge in [0.05, 0.1) is 11.8 Å². The number of aryl methyl sites for hydroxylation is 1. The van der Waals surface area contributed by atoms with Crippen LogP contribution in [-0.2, 0) is 7.05 Å². The molecule has 1 amide bonds. The van der Waals surface area contributed by atoms with Crippen LogP contribution in [0.1, 0.15) is 16.1 Å². The van der Waals surface area contributed by atoms with Crippen molar-refractivity contribution in [3.63, 3.8) is 0 Å². The monoisotopic (exact) mass is 230 g/mol. The molecular weight excluding hydrogens is 216 g/mol. The number of nitrogen functional groups attached to an aromatic ring is 1. The summed E-state index contributed by atoms with van der Waals surface area (Å²) < 4.78 is 1.66. The molecule has 0 saturated heterocycles. The molecular formula is C12H14N4O. The van der Waals surface area contributed by atoms with Gasteiger partial charge in [0.1, 0.15) is 0 Å². The third-order valence-electron chi connectivity index (χ3n) is 2.65. The van der Waals surface area contributed by atoms with E-state index in [2.05, 4.69) is 10.4 Å². The van der Waals surface area contributed by atoms with Crippen molar-refractivity contribution < 1.29 is 4.79 Å². The Hall–Kier alpha value is -2.30. The third-order valence-corrected chi connectivity index (χ3v) is 2.65. The second-order valence-corrected chi connectivity index (χ2v) is 3.84. The van der Waals surface area contributed by atoms with Gasteiger partial charge in [-0.25, -0.2) is 0 Å².